The first-order chi connectivity index (χ1) is 6.33. The topological polar surface area (TPSA) is 64.1 Å². The summed E-state index contributed by atoms with van der Waals surface area (Å²) in [5.74, 6) is 5.43. The van der Waals surface area contributed by atoms with Gasteiger partial charge in [-0.2, -0.15) is 0 Å². The molecule has 3 heteroatoms. The van der Waals surface area contributed by atoms with Crippen LogP contribution < -0.4 is 17.0 Å². The third-order valence-corrected chi connectivity index (χ3v) is 2.71. The molecule has 0 fully saturated rings. The van der Waals surface area contributed by atoms with Crippen LogP contribution in [0.25, 0.3) is 0 Å². The number of nitrogens with one attached hydrogen (secondary N) is 1. The van der Waals surface area contributed by atoms with Crippen LogP contribution in [0.15, 0.2) is 18.2 Å². The first-order valence-corrected chi connectivity index (χ1v) is 4.67. The molecule has 0 aromatic heterocycles. The molecule has 0 radical (unpaired) electrons. The van der Waals surface area contributed by atoms with E-state index >= 15 is 0 Å². The zero-order chi connectivity index (χ0) is 9.26. The van der Waals surface area contributed by atoms with Gasteiger partial charge in [-0.3, -0.25) is 5.84 Å². The zero-order valence-electron chi connectivity index (χ0n) is 7.59. The van der Waals surface area contributed by atoms with Gasteiger partial charge in [-0.05, 0) is 36.5 Å². The summed E-state index contributed by atoms with van der Waals surface area (Å²) in [6, 6.07) is 6.29. The van der Waals surface area contributed by atoms with Crippen molar-refractivity contribution in [2.75, 3.05) is 5.43 Å². The Balaban J connectivity index is 2.48. The van der Waals surface area contributed by atoms with E-state index in [9.17, 15) is 0 Å². The van der Waals surface area contributed by atoms with Crippen molar-refractivity contribution in [2.45, 2.75) is 25.3 Å². The van der Waals surface area contributed by atoms with Crippen molar-refractivity contribution >= 4 is 5.69 Å². The predicted octanol–water partition coefficient (Wildman–Crippen LogP) is 1.31. The highest BCUT2D eigenvalue weighted by molar-refractivity contribution is 5.55. The Morgan fingerprint density at radius 2 is 2.23 bits per heavy atom. The van der Waals surface area contributed by atoms with Crippen LogP contribution in [0.3, 0.4) is 0 Å². The van der Waals surface area contributed by atoms with Crippen molar-refractivity contribution in [1.29, 1.82) is 0 Å². The van der Waals surface area contributed by atoms with Crippen molar-refractivity contribution in [3.8, 4) is 0 Å². The van der Waals surface area contributed by atoms with Gasteiger partial charge in [-0.15, -0.1) is 0 Å². The lowest BCUT2D eigenvalue weighted by molar-refractivity contribution is 0.571. The molecule has 1 aromatic rings. The van der Waals surface area contributed by atoms with Crippen LogP contribution in [0.2, 0.25) is 0 Å². The van der Waals surface area contributed by atoms with Gasteiger partial charge in [0.2, 0.25) is 0 Å². The number of benzene rings is 1. The summed E-state index contributed by atoms with van der Waals surface area (Å²) in [5.41, 5.74) is 12.3. The van der Waals surface area contributed by atoms with E-state index in [4.69, 9.17) is 11.6 Å². The Bertz CT molecular complexity index is 309. The highest BCUT2D eigenvalue weighted by Gasteiger charge is 2.18. The summed E-state index contributed by atoms with van der Waals surface area (Å²) in [6.45, 7) is 0. The van der Waals surface area contributed by atoms with Gasteiger partial charge in [-0.1, -0.05) is 12.1 Å². The summed E-state index contributed by atoms with van der Waals surface area (Å²) in [6.07, 6.45) is 3.33. The molecule has 1 atom stereocenters. The quantitative estimate of drug-likeness (QED) is 0.447. The number of hydrogen-bond donors (Lipinski definition) is 3. The molecule has 1 aliphatic carbocycles. The van der Waals surface area contributed by atoms with Gasteiger partial charge in [0.25, 0.3) is 0 Å². The highest BCUT2D eigenvalue weighted by Crippen LogP contribution is 2.32. The standard InChI is InChI=1S/C10H15N3/c11-9-5-1-4-8-7(9)3-2-6-10(8)13-12/h2-3,6,9,13H,1,4-5,11-12H2. The molecule has 0 spiro atoms. The number of hydrogen-bond acceptors (Lipinski definition) is 3. The van der Waals surface area contributed by atoms with Crippen molar-refractivity contribution in [1.82, 2.24) is 0 Å². The summed E-state index contributed by atoms with van der Waals surface area (Å²) in [4.78, 5) is 0. The molecular weight excluding hydrogens is 162 g/mol. The molecule has 0 saturated heterocycles. The molecule has 0 heterocycles. The van der Waals surface area contributed by atoms with Crippen LogP contribution in [0.1, 0.15) is 30.0 Å². The van der Waals surface area contributed by atoms with Crippen molar-refractivity contribution in [3.05, 3.63) is 29.3 Å². The fraction of sp³-hybridized carbons (Fsp3) is 0.400. The lowest BCUT2D eigenvalue weighted by atomic mass is 9.87. The maximum Gasteiger partial charge on any atom is 0.0520 e. The Kier molecular flexibility index (Phi) is 2.20. The van der Waals surface area contributed by atoms with Gasteiger partial charge in [0.05, 0.1) is 5.69 Å². The van der Waals surface area contributed by atoms with E-state index < -0.39 is 0 Å². The smallest absolute Gasteiger partial charge is 0.0520 e. The molecule has 1 aliphatic rings. The van der Waals surface area contributed by atoms with Crippen LogP contribution in [0.4, 0.5) is 5.69 Å². The number of hydrazine groups is 1. The average Bonchev–Trinajstić information content (AvgIpc) is 2.18. The van der Waals surface area contributed by atoms with Gasteiger partial charge >= 0.3 is 0 Å². The van der Waals surface area contributed by atoms with E-state index in [1.54, 1.807) is 0 Å². The number of rotatable bonds is 1. The molecule has 0 bridgehead atoms. The summed E-state index contributed by atoms with van der Waals surface area (Å²) in [5, 5.41) is 0. The number of nitrogens with two attached hydrogens (primary N) is 2. The normalized spacial score (nSPS) is 20.9. The third kappa shape index (κ3) is 1.41. The Morgan fingerprint density at radius 1 is 1.38 bits per heavy atom. The Hall–Kier alpha value is -1.06. The van der Waals surface area contributed by atoms with Crippen molar-refractivity contribution in [2.24, 2.45) is 11.6 Å². The molecular formula is C10H15N3. The minimum absolute atomic E-state index is 0.192. The minimum atomic E-state index is 0.192. The molecule has 0 saturated carbocycles. The van der Waals surface area contributed by atoms with Crippen molar-refractivity contribution < 1.29 is 0 Å². The van der Waals surface area contributed by atoms with Crippen LogP contribution in [0.5, 0.6) is 0 Å². The number of nitrogen functional groups attached to an aromatic ring is 1. The van der Waals surface area contributed by atoms with E-state index in [1.807, 2.05) is 12.1 Å². The van der Waals surface area contributed by atoms with Crippen LogP contribution >= 0.6 is 0 Å². The molecule has 1 unspecified atom stereocenters. The molecule has 0 amide bonds. The second-order valence-electron chi connectivity index (χ2n) is 3.52. The molecule has 70 valence electrons. The first-order valence-electron chi connectivity index (χ1n) is 4.67. The number of fused-ring (bicyclic) bond motifs is 1. The fourth-order valence-corrected chi connectivity index (χ4v) is 2.02. The molecule has 1 aromatic carbocycles. The maximum atomic E-state index is 6.00. The van der Waals surface area contributed by atoms with Gasteiger partial charge in [-0.25, -0.2) is 0 Å². The lowest BCUT2D eigenvalue weighted by Gasteiger charge is -2.24. The third-order valence-electron chi connectivity index (χ3n) is 2.71. The second-order valence-corrected chi connectivity index (χ2v) is 3.52. The molecule has 5 N–H and O–H groups in total. The van der Waals surface area contributed by atoms with E-state index in [-0.39, 0.29) is 6.04 Å². The van der Waals surface area contributed by atoms with E-state index in [2.05, 4.69) is 11.5 Å². The zero-order valence-corrected chi connectivity index (χ0v) is 7.59. The second kappa shape index (κ2) is 3.36. The maximum absolute atomic E-state index is 6.00. The van der Waals surface area contributed by atoms with Gasteiger partial charge < -0.3 is 11.2 Å². The molecule has 2 rings (SSSR count). The predicted molar refractivity (Wildman–Crippen MR) is 54.1 cm³/mol. The highest BCUT2D eigenvalue weighted by atomic mass is 15.2. The van der Waals surface area contributed by atoms with Crippen molar-refractivity contribution in [3.63, 3.8) is 0 Å². The van der Waals surface area contributed by atoms with Gasteiger partial charge in [0, 0.05) is 6.04 Å². The molecule has 13 heavy (non-hydrogen) atoms. The summed E-state index contributed by atoms with van der Waals surface area (Å²) >= 11 is 0. The van der Waals surface area contributed by atoms with E-state index in [0.717, 1.165) is 24.9 Å². The Morgan fingerprint density at radius 3 is 3.00 bits per heavy atom. The van der Waals surface area contributed by atoms with Gasteiger partial charge in [0.15, 0.2) is 0 Å². The van der Waals surface area contributed by atoms with Crippen LogP contribution in [0, 0.1) is 0 Å². The van der Waals surface area contributed by atoms with Crippen LogP contribution in [-0.2, 0) is 6.42 Å². The SMILES string of the molecule is NNc1cccc2c1CCCC2N. The Labute approximate surface area is 78.1 Å². The molecule has 0 aliphatic heterocycles. The minimum Gasteiger partial charge on any atom is -0.324 e. The van der Waals surface area contributed by atoms with E-state index in [0.29, 0.717) is 0 Å². The average molecular weight is 177 g/mol. The fourth-order valence-electron chi connectivity index (χ4n) is 2.02. The first kappa shape index (κ1) is 8.53. The summed E-state index contributed by atoms with van der Waals surface area (Å²) in [7, 11) is 0. The summed E-state index contributed by atoms with van der Waals surface area (Å²) < 4.78 is 0. The largest absolute Gasteiger partial charge is 0.324 e. The molecule has 3 nitrogen and oxygen atoms in total. The van der Waals surface area contributed by atoms with E-state index in [1.165, 1.54) is 11.1 Å². The number of anilines is 1. The van der Waals surface area contributed by atoms with Gasteiger partial charge in [0.1, 0.15) is 0 Å². The lowest BCUT2D eigenvalue weighted by Crippen LogP contribution is -2.20. The monoisotopic (exact) mass is 177 g/mol. The van der Waals surface area contributed by atoms with Crippen LogP contribution in [-0.4, -0.2) is 0 Å².